The fraction of sp³-hybridized carbons (Fsp3) is 0.571. The van der Waals surface area contributed by atoms with Crippen molar-refractivity contribution in [3.05, 3.63) is 28.7 Å². The number of anilines is 1. The van der Waals surface area contributed by atoms with Crippen molar-refractivity contribution in [1.29, 1.82) is 0 Å². The third kappa shape index (κ3) is 5.55. The van der Waals surface area contributed by atoms with Crippen LogP contribution in [0.15, 0.2) is 28.7 Å². The van der Waals surface area contributed by atoms with Crippen molar-refractivity contribution in [3.8, 4) is 0 Å². The normalized spacial score (nSPS) is 11.2. The molecule has 0 amide bonds. The lowest BCUT2D eigenvalue weighted by Gasteiger charge is -2.22. The molecule has 0 fully saturated rings. The number of rotatable bonds is 7. The van der Waals surface area contributed by atoms with Crippen molar-refractivity contribution in [2.75, 3.05) is 31.5 Å². The first-order valence-corrected chi connectivity index (χ1v) is 7.13. The second-order valence-electron chi connectivity index (χ2n) is 4.69. The van der Waals surface area contributed by atoms with E-state index < -0.39 is 0 Å². The summed E-state index contributed by atoms with van der Waals surface area (Å²) in [7, 11) is 0. The van der Waals surface area contributed by atoms with Crippen molar-refractivity contribution in [3.63, 3.8) is 0 Å². The van der Waals surface area contributed by atoms with Crippen molar-refractivity contribution in [1.82, 2.24) is 4.90 Å². The Morgan fingerprint density at radius 3 is 2.59 bits per heavy atom. The van der Waals surface area contributed by atoms with Crippen molar-refractivity contribution >= 4 is 21.6 Å². The Hall–Kier alpha value is -0.540. The summed E-state index contributed by atoms with van der Waals surface area (Å²) in [5.41, 5.74) is 1.17. The summed E-state index contributed by atoms with van der Waals surface area (Å²) >= 11 is 3.54. The molecule has 0 spiro atoms. The molecule has 0 aliphatic rings. The van der Waals surface area contributed by atoms with Gasteiger partial charge in [0.25, 0.3) is 0 Å². The molecule has 0 radical (unpaired) electrons. The molecule has 96 valence electrons. The number of hydrogen-bond acceptors (Lipinski definition) is 2. The Labute approximate surface area is 114 Å². The van der Waals surface area contributed by atoms with Gasteiger partial charge in [-0.25, -0.2) is 0 Å². The van der Waals surface area contributed by atoms with E-state index in [2.05, 4.69) is 65.1 Å². The predicted octanol–water partition coefficient (Wildman–Crippen LogP) is 3.84. The number of halogens is 1. The molecule has 0 aromatic heterocycles. The monoisotopic (exact) mass is 298 g/mol. The van der Waals surface area contributed by atoms with Gasteiger partial charge in [-0.05, 0) is 40.5 Å². The SMILES string of the molecule is CCN(CCNc1ccccc1Br)CC(C)C. The van der Waals surface area contributed by atoms with Gasteiger partial charge in [-0.2, -0.15) is 0 Å². The molecule has 0 saturated carbocycles. The van der Waals surface area contributed by atoms with Crippen LogP contribution in [-0.2, 0) is 0 Å². The van der Waals surface area contributed by atoms with Gasteiger partial charge in [0, 0.05) is 29.8 Å². The fourth-order valence-electron chi connectivity index (χ4n) is 1.85. The Bertz CT molecular complexity index is 326. The van der Waals surface area contributed by atoms with Crippen molar-refractivity contribution < 1.29 is 0 Å². The lowest BCUT2D eigenvalue weighted by Crippen LogP contribution is -2.32. The summed E-state index contributed by atoms with van der Waals surface area (Å²) in [6, 6.07) is 8.25. The van der Waals surface area contributed by atoms with E-state index in [4.69, 9.17) is 0 Å². The van der Waals surface area contributed by atoms with Gasteiger partial charge in [0.1, 0.15) is 0 Å². The van der Waals surface area contributed by atoms with Crippen LogP contribution in [0.3, 0.4) is 0 Å². The maximum atomic E-state index is 3.54. The second-order valence-corrected chi connectivity index (χ2v) is 5.55. The van der Waals surface area contributed by atoms with E-state index in [1.807, 2.05) is 6.07 Å². The highest BCUT2D eigenvalue weighted by Crippen LogP contribution is 2.20. The summed E-state index contributed by atoms with van der Waals surface area (Å²) in [6.07, 6.45) is 0. The Balaban J connectivity index is 2.34. The van der Waals surface area contributed by atoms with E-state index in [9.17, 15) is 0 Å². The zero-order chi connectivity index (χ0) is 12.7. The highest BCUT2D eigenvalue weighted by molar-refractivity contribution is 9.10. The van der Waals surface area contributed by atoms with Gasteiger partial charge in [0.15, 0.2) is 0 Å². The molecule has 0 aliphatic carbocycles. The van der Waals surface area contributed by atoms with E-state index in [-0.39, 0.29) is 0 Å². The van der Waals surface area contributed by atoms with Gasteiger partial charge in [0.2, 0.25) is 0 Å². The molecule has 0 atom stereocenters. The maximum Gasteiger partial charge on any atom is 0.0485 e. The average molecular weight is 299 g/mol. The summed E-state index contributed by atoms with van der Waals surface area (Å²) in [5.74, 6) is 0.735. The van der Waals surface area contributed by atoms with Crippen LogP contribution >= 0.6 is 15.9 Å². The molecule has 1 rings (SSSR count). The average Bonchev–Trinajstić information content (AvgIpc) is 2.29. The zero-order valence-electron chi connectivity index (χ0n) is 11.0. The first kappa shape index (κ1) is 14.5. The van der Waals surface area contributed by atoms with Gasteiger partial charge in [0.05, 0.1) is 0 Å². The van der Waals surface area contributed by atoms with Crippen LogP contribution in [0.5, 0.6) is 0 Å². The second kappa shape index (κ2) is 7.72. The number of likely N-dealkylation sites (N-methyl/N-ethyl adjacent to an activating group) is 1. The van der Waals surface area contributed by atoms with Crippen LogP contribution in [0, 0.1) is 5.92 Å². The third-order valence-electron chi connectivity index (χ3n) is 2.69. The van der Waals surface area contributed by atoms with Crippen LogP contribution < -0.4 is 5.32 Å². The van der Waals surface area contributed by atoms with Crippen molar-refractivity contribution in [2.45, 2.75) is 20.8 Å². The summed E-state index contributed by atoms with van der Waals surface area (Å²) in [6.45, 7) is 11.1. The maximum absolute atomic E-state index is 3.54. The number of hydrogen-bond donors (Lipinski definition) is 1. The minimum absolute atomic E-state index is 0.735. The molecule has 17 heavy (non-hydrogen) atoms. The van der Waals surface area contributed by atoms with E-state index in [1.165, 1.54) is 12.2 Å². The van der Waals surface area contributed by atoms with Crippen molar-refractivity contribution in [2.24, 2.45) is 5.92 Å². The number of nitrogens with zero attached hydrogens (tertiary/aromatic N) is 1. The van der Waals surface area contributed by atoms with Crippen LogP contribution in [0.4, 0.5) is 5.69 Å². The third-order valence-corrected chi connectivity index (χ3v) is 3.38. The summed E-state index contributed by atoms with van der Waals surface area (Å²) in [4.78, 5) is 2.48. The van der Waals surface area contributed by atoms with Gasteiger partial charge in [-0.1, -0.05) is 32.9 Å². The van der Waals surface area contributed by atoms with Crippen LogP contribution in [0.25, 0.3) is 0 Å². The number of para-hydroxylation sites is 1. The highest BCUT2D eigenvalue weighted by Gasteiger charge is 2.04. The summed E-state index contributed by atoms with van der Waals surface area (Å²) < 4.78 is 1.13. The molecule has 3 heteroatoms. The Kier molecular flexibility index (Phi) is 6.60. The van der Waals surface area contributed by atoms with E-state index in [0.717, 1.165) is 30.0 Å². The minimum atomic E-state index is 0.735. The van der Waals surface area contributed by atoms with E-state index in [0.29, 0.717) is 0 Å². The molecule has 1 N–H and O–H groups in total. The first-order chi connectivity index (χ1) is 8.13. The first-order valence-electron chi connectivity index (χ1n) is 6.34. The topological polar surface area (TPSA) is 15.3 Å². The van der Waals surface area contributed by atoms with Crippen LogP contribution in [0.2, 0.25) is 0 Å². The molecule has 1 aromatic carbocycles. The highest BCUT2D eigenvalue weighted by atomic mass is 79.9. The molecule has 0 heterocycles. The standard InChI is InChI=1S/C14H23BrN2/c1-4-17(11-12(2)3)10-9-16-14-8-6-5-7-13(14)15/h5-8,12,16H,4,9-11H2,1-3H3. The van der Waals surface area contributed by atoms with Gasteiger partial charge in [-0.15, -0.1) is 0 Å². The quantitative estimate of drug-likeness (QED) is 0.823. The number of nitrogens with one attached hydrogen (secondary N) is 1. The smallest absolute Gasteiger partial charge is 0.0485 e. The Morgan fingerprint density at radius 1 is 1.29 bits per heavy atom. The molecule has 2 nitrogen and oxygen atoms in total. The molecule has 0 saturated heterocycles. The summed E-state index contributed by atoms with van der Waals surface area (Å²) in [5, 5.41) is 3.46. The molecule has 0 aliphatic heterocycles. The largest absolute Gasteiger partial charge is 0.383 e. The lowest BCUT2D eigenvalue weighted by atomic mass is 10.2. The molecule has 1 aromatic rings. The van der Waals surface area contributed by atoms with Crippen LogP contribution in [0.1, 0.15) is 20.8 Å². The van der Waals surface area contributed by atoms with Crippen LogP contribution in [-0.4, -0.2) is 31.1 Å². The van der Waals surface area contributed by atoms with E-state index >= 15 is 0 Å². The van der Waals surface area contributed by atoms with E-state index in [1.54, 1.807) is 0 Å². The van der Waals surface area contributed by atoms with Gasteiger partial charge in [-0.3, -0.25) is 0 Å². The minimum Gasteiger partial charge on any atom is -0.383 e. The van der Waals surface area contributed by atoms with Gasteiger partial charge >= 0.3 is 0 Å². The lowest BCUT2D eigenvalue weighted by molar-refractivity contribution is 0.265. The number of benzene rings is 1. The predicted molar refractivity (Wildman–Crippen MR) is 79.6 cm³/mol. The fourth-order valence-corrected chi connectivity index (χ4v) is 2.27. The molecule has 0 bridgehead atoms. The zero-order valence-corrected chi connectivity index (χ0v) is 12.6. The Morgan fingerprint density at radius 2 is 2.00 bits per heavy atom. The molecular formula is C14H23BrN2. The van der Waals surface area contributed by atoms with Gasteiger partial charge < -0.3 is 10.2 Å². The molecule has 0 unspecified atom stereocenters. The molecular weight excluding hydrogens is 276 g/mol.